The summed E-state index contributed by atoms with van der Waals surface area (Å²) in [6.45, 7) is 2.95. The highest BCUT2D eigenvalue weighted by molar-refractivity contribution is 5.43. The number of nitrogens with one attached hydrogen (secondary N) is 1. The first kappa shape index (κ1) is 12.2. The molecule has 2 rings (SSSR count). The largest absolute Gasteiger partial charge is 0.486 e. The number of hydrogen-bond acceptors (Lipinski definition) is 5. The molecule has 0 aromatic heterocycles. The molecule has 0 unspecified atom stereocenters. The lowest BCUT2D eigenvalue weighted by Crippen LogP contribution is -2.18. The number of ether oxygens (including phenoxy) is 3. The first-order chi connectivity index (χ1) is 8.40. The highest BCUT2D eigenvalue weighted by Gasteiger charge is 2.11. The van der Waals surface area contributed by atoms with Crippen molar-refractivity contribution in [1.82, 2.24) is 5.48 Å². The Balaban J connectivity index is 1.81. The van der Waals surface area contributed by atoms with Crippen molar-refractivity contribution in [2.45, 2.75) is 6.54 Å². The van der Waals surface area contributed by atoms with E-state index in [-0.39, 0.29) is 0 Å². The zero-order valence-corrected chi connectivity index (χ0v) is 9.90. The van der Waals surface area contributed by atoms with Gasteiger partial charge in [-0.3, -0.25) is 4.84 Å². The van der Waals surface area contributed by atoms with Crippen molar-refractivity contribution in [2.75, 3.05) is 33.5 Å². The molecule has 0 saturated heterocycles. The van der Waals surface area contributed by atoms with Crippen LogP contribution in [0.2, 0.25) is 0 Å². The number of benzene rings is 1. The number of hydroxylamine groups is 1. The van der Waals surface area contributed by atoms with Crippen LogP contribution in [0.25, 0.3) is 0 Å². The first-order valence-corrected chi connectivity index (χ1v) is 5.62. The number of fused-ring (bicyclic) bond motifs is 1. The number of hydrogen-bond donors (Lipinski definition) is 1. The Morgan fingerprint density at radius 1 is 1.18 bits per heavy atom. The lowest BCUT2D eigenvalue weighted by molar-refractivity contribution is 0.00341. The van der Waals surface area contributed by atoms with Gasteiger partial charge in [-0.05, 0) is 17.7 Å². The van der Waals surface area contributed by atoms with Crippen LogP contribution in [0.1, 0.15) is 5.56 Å². The zero-order valence-electron chi connectivity index (χ0n) is 9.90. The number of methoxy groups -OCH3 is 1. The van der Waals surface area contributed by atoms with Gasteiger partial charge in [-0.25, -0.2) is 0 Å². The van der Waals surface area contributed by atoms with Crippen LogP contribution in [-0.4, -0.2) is 33.5 Å². The predicted octanol–water partition coefficient (Wildman–Crippen LogP) is 1.13. The molecule has 0 amide bonds. The summed E-state index contributed by atoms with van der Waals surface area (Å²) in [7, 11) is 1.64. The van der Waals surface area contributed by atoms with Crippen molar-refractivity contribution in [3.8, 4) is 11.5 Å². The fourth-order valence-electron chi connectivity index (χ4n) is 1.53. The minimum Gasteiger partial charge on any atom is -0.486 e. The zero-order chi connectivity index (χ0) is 11.9. The quantitative estimate of drug-likeness (QED) is 0.595. The summed E-state index contributed by atoms with van der Waals surface area (Å²) in [4.78, 5) is 5.17. The molecule has 1 aliphatic heterocycles. The van der Waals surface area contributed by atoms with E-state index in [9.17, 15) is 0 Å². The third-order valence-corrected chi connectivity index (χ3v) is 2.37. The van der Waals surface area contributed by atoms with Crippen molar-refractivity contribution >= 4 is 0 Å². The van der Waals surface area contributed by atoms with E-state index >= 15 is 0 Å². The Morgan fingerprint density at radius 2 is 2.00 bits per heavy atom. The summed E-state index contributed by atoms with van der Waals surface area (Å²) >= 11 is 0. The summed E-state index contributed by atoms with van der Waals surface area (Å²) < 4.78 is 15.8. The highest BCUT2D eigenvalue weighted by atomic mass is 16.7. The molecule has 1 N–H and O–H groups in total. The maximum absolute atomic E-state index is 5.50. The Kier molecular flexibility index (Phi) is 4.61. The second-order valence-corrected chi connectivity index (χ2v) is 3.64. The summed E-state index contributed by atoms with van der Waals surface area (Å²) in [5.41, 5.74) is 3.96. The lowest BCUT2D eigenvalue weighted by atomic mass is 10.2. The van der Waals surface area contributed by atoms with Gasteiger partial charge in [-0.1, -0.05) is 6.07 Å². The molecule has 0 spiro atoms. The van der Waals surface area contributed by atoms with Crippen LogP contribution in [0.5, 0.6) is 11.5 Å². The minimum absolute atomic E-state index is 0.529. The Labute approximate surface area is 101 Å². The normalized spacial score (nSPS) is 13.7. The van der Waals surface area contributed by atoms with E-state index in [1.54, 1.807) is 7.11 Å². The van der Waals surface area contributed by atoms with Gasteiger partial charge in [-0.15, -0.1) is 0 Å². The molecule has 1 aromatic rings. The standard InChI is InChI=1S/C12H17NO4/c1-14-4-7-17-13-9-10-2-3-11-12(8-10)16-6-5-15-11/h2-3,8,13H,4-7,9H2,1H3. The van der Waals surface area contributed by atoms with Crippen LogP contribution < -0.4 is 15.0 Å². The van der Waals surface area contributed by atoms with Crippen molar-refractivity contribution in [3.05, 3.63) is 23.8 Å². The Morgan fingerprint density at radius 3 is 2.82 bits per heavy atom. The summed E-state index contributed by atoms with van der Waals surface area (Å²) in [6.07, 6.45) is 0. The van der Waals surface area contributed by atoms with Crippen LogP contribution in [0, 0.1) is 0 Å². The molecule has 5 heteroatoms. The summed E-state index contributed by atoms with van der Waals surface area (Å²) in [6, 6.07) is 5.86. The fraction of sp³-hybridized carbons (Fsp3) is 0.500. The topological polar surface area (TPSA) is 49.0 Å². The smallest absolute Gasteiger partial charge is 0.161 e. The Bertz CT molecular complexity index is 356. The molecule has 5 nitrogen and oxygen atoms in total. The van der Waals surface area contributed by atoms with Crippen LogP contribution in [0.4, 0.5) is 0 Å². The number of rotatable bonds is 6. The molecule has 94 valence electrons. The van der Waals surface area contributed by atoms with Gasteiger partial charge in [0.15, 0.2) is 11.5 Å². The van der Waals surface area contributed by atoms with Gasteiger partial charge in [0.25, 0.3) is 0 Å². The molecule has 1 heterocycles. The molecule has 0 radical (unpaired) electrons. The van der Waals surface area contributed by atoms with Gasteiger partial charge in [0.2, 0.25) is 0 Å². The van der Waals surface area contributed by atoms with Crippen molar-refractivity contribution < 1.29 is 19.0 Å². The van der Waals surface area contributed by atoms with Crippen molar-refractivity contribution in [3.63, 3.8) is 0 Å². The van der Waals surface area contributed by atoms with E-state index in [0.29, 0.717) is 33.0 Å². The highest BCUT2D eigenvalue weighted by Crippen LogP contribution is 2.30. The maximum Gasteiger partial charge on any atom is 0.161 e. The average molecular weight is 239 g/mol. The van der Waals surface area contributed by atoms with E-state index in [2.05, 4.69) is 5.48 Å². The third-order valence-electron chi connectivity index (χ3n) is 2.37. The maximum atomic E-state index is 5.50. The fourth-order valence-corrected chi connectivity index (χ4v) is 1.53. The SMILES string of the molecule is COCCONCc1ccc2c(c1)OCCO2. The predicted molar refractivity (Wildman–Crippen MR) is 62.1 cm³/mol. The van der Waals surface area contributed by atoms with E-state index in [1.807, 2.05) is 18.2 Å². The van der Waals surface area contributed by atoms with E-state index < -0.39 is 0 Å². The average Bonchev–Trinajstić information content (AvgIpc) is 2.38. The summed E-state index contributed by atoms with van der Waals surface area (Å²) in [5, 5.41) is 0. The third kappa shape index (κ3) is 3.59. The molecular weight excluding hydrogens is 222 g/mol. The second kappa shape index (κ2) is 6.44. The van der Waals surface area contributed by atoms with Crippen LogP contribution in [0.3, 0.4) is 0 Å². The lowest BCUT2D eigenvalue weighted by Gasteiger charge is -2.18. The molecule has 1 aliphatic rings. The molecule has 1 aromatic carbocycles. The summed E-state index contributed by atoms with van der Waals surface area (Å²) in [5.74, 6) is 1.60. The van der Waals surface area contributed by atoms with Crippen LogP contribution >= 0.6 is 0 Å². The molecule has 0 aliphatic carbocycles. The minimum atomic E-state index is 0.529. The van der Waals surface area contributed by atoms with Gasteiger partial charge in [0.05, 0.1) is 13.2 Å². The van der Waals surface area contributed by atoms with Crippen molar-refractivity contribution in [1.29, 1.82) is 0 Å². The van der Waals surface area contributed by atoms with Crippen LogP contribution in [0.15, 0.2) is 18.2 Å². The molecular formula is C12H17NO4. The Hall–Kier alpha value is -1.30. The van der Waals surface area contributed by atoms with E-state index in [1.165, 1.54) is 0 Å². The molecule has 0 bridgehead atoms. The van der Waals surface area contributed by atoms with Gasteiger partial charge in [-0.2, -0.15) is 5.48 Å². The van der Waals surface area contributed by atoms with Gasteiger partial charge in [0.1, 0.15) is 13.2 Å². The molecule has 0 atom stereocenters. The van der Waals surface area contributed by atoms with Gasteiger partial charge < -0.3 is 14.2 Å². The molecule has 17 heavy (non-hydrogen) atoms. The molecule has 0 saturated carbocycles. The van der Waals surface area contributed by atoms with Gasteiger partial charge in [0, 0.05) is 13.7 Å². The second-order valence-electron chi connectivity index (χ2n) is 3.64. The van der Waals surface area contributed by atoms with E-state index in [4.69, 9.17) is 19.0 Å². The molecule has 0 fully saturated rings. The van der Waals surface area contributed by atoms with Crippen molar-refractivity contribution in [2.24, 2.45) is 0 Å². The van der Waals surface area contributed by atoms with Gasteiger partial charge >= 0.3 is 0 Å². The van der Waals surface area contributed by atoms with Crippen LogP contribution in [-0.2, 0) is 16.1 Å². The monoisotopic (exact) mass is 239 g/mol. The first-order valence-electron chi connectivity index (χ1n) is 5.62. The van der Waals surface area contributed by atoms with E-state index in [0.717, 1.165) is 17.1 Å².